The molecule has 3 N–H and O–H groups in total. The number of amides is 4. The molecular weight excluding hydrogens is 684 g/mol. The number of halogens is 1. The van der Waals surface area contributed by atoms with E-state index in [-0.39, 0.29) is 30.2 Å². The van der Waals surface area contributed by atoms with Crippen LogP contribution in [0.5, 0.6) is 5.75 Å². The summed E-state index contributed by atoms with van der Waals surface area (Å²) in [5, 5.41) is 17.7. The molecule has 4 amide bonds. The number of carbonyl (C=O) groups excluding carboxylic acids is 4. The fraction of sp³-hybridized carbons (Fsp3) is 0.182. The average Bonchev–Trinajstić information content (AvgIpc) is 3.60. The highest BCUT2D eigenvalue weighted by Crippen LogP contribution is 2.59. The summed E-state index contributed by atoms with van der Waals surface area (Å²) >= 11 is 0. The molecule has 0 spiro atoms. The van der Waals surface area contributed by atoms with E-state index in [0.29, 0.717) is 16.9 Å². The van der Waals surface area contributed by atoms with E-state index < -0.39 is 58.9 Å². The number of nitrogens with one attached hydrogen (secondary N) is 2. The maximum absolute atomic E-state index is 15.0. The number of phenols is 1. The van der Waals surface area contributed by atoms with E-state index in [2.05, 4.69) is 10.6 Å². The smallest absolute Gasteiger partial charge is 0.238 e. The Morgan fingerprint density at radius 1 is 0.537 bits per heavy atom. The summed E-state index contributed by atoms with van der Waals surface area (Å²) in [5.74, 6) is -7.77. The van der Waals surface area contributed by atoms with Crippen molar-refractivity contribution in [3.63, 3.8) is 0 Å². The Labute approximate surface area is 310 Å². The molecule has 1 saturated carbocycles. The lowest BCUT2D eigenvalue weighted by Gasteiger charge is -2.44. The standard InChI is InChI=1S/C44H35FN4O5/c45-36-13-7-12-32(40(36)50)37-31-22-23-33-38(43(53)48(41(33)51)29-18-14-27(15-19-29)46-25-8-3-1-4-9-25)34(31)24-35-39(37)44(54)49(42(35)52)30-20-16-28(17-21-30)47-26-10-5-2-6-11-26/h1-22,33-35,37-39,46-47,50H,23-24H2/t33-,34+,35+,37+,38-,39+/m0/s1. The summed E-state index contributed by atoms with van der Waals surface area (Å²) < 4.78 is 15.0. The molecular formula is C44H35FN4O5. The number of allylic oxidation sites excluding steroid dienone is 2. The van der Waals surface area contributed by atoms with E-state index in [0.717, 1.165) is 28.8 Å². The number of benzene rings is 5. The second-order valence-corrected chi connectivity index (χ2v) is 14.3. The molecule has 5 aromatic carbocycles. The predicted octanol–water partition coefficient (Wildman–Crippen LogP) is 8.06. The highest BCUT2D eigenvalue weighted by atomic mass is 19.1. The highest BCUT2D eigenvalue weighted by molar-refractivity contribution is 6.24. The van der Waals surface area contributed by atoms with E-state index in [9.17, 15) is 28.7 Å². The molecule has 4 aliphatic rings. The van der Waals surface area contributed by atoms with Crippen LogP contribution in [0.15, 0.2) is 139 Å². The van der Waals surface area contributed by atoms with Crippen molar-refractivity contribution < 1.29 is 28.7 Å². The van der Waals surface area contributed by atoms with Crippen molar-refractivity contribution in [2.75, 3.05) is 20.4 Å². The summed E-state index contributed by atoms with van der Waals surface area (Å²) in [6.07, 6.45) is 2.27. The lowest BCUT2D eigenvalue weighted by atomic mass is 9.57. The first kappa shape index (κ1) is 33.3. The zero-order valence-corrected chi connectivity index (χ0v) is 28.9. The van der Waals surface area contributed by atoms with Crippen molar-refractivity contribution in [1.29, 1.82) is 0 Å². The van der Waals surface area contributed by atoms with Gasteiger partial charge in [0.15, 0.2) is 11.6 Å². The quantitative estimate of drug-likeness (QED) is 0.115. The molecule has 10 heteroatoms. The maximum Gasteiger partial charge on any atom is 0.238 e. The molecule has 0 unspecified atom stereocenters. The summed E-state index contributed by atoms with van der Waals surface area (Å²) in [6, 6.07) is 37.5. The number of rotatable bonds is 7. The van der Waals surface area contributed by atoms with Gasteiger partial charge in [0.1, 0.15) is 0 Å². The maximum atomic E-state index is 15.0. The van der Waals surface area contributed by atoms with E-state index in [1.165, 1.54) is 15.9 Å². The number of hydrogen-bond acceptors (Lipinski definition) is 7. The second-order valence-electron chi connectivity index (χ2n) is 14.3. The van der Waals surface area contributed by atoms with Crippen LogP contribution in [0, 0.1) is 35.4 Å². The predicted molar refractivity (Wildman–Crippen MR) is 203 cm³/mol. The van der Waals surface area contributed by atoms with Gasteiger partial charge in [0, 0.05) is 34.2 Å². The first-order chi connectivity index (χ1) is 26.3. The van der Waals surface area contributed by atoms with Gasteiger partial charge in [-0.15, -0.1) is 0 Å². The molecule has 6 atom stereocenters. The minimum absolute atomic E-state index is 0.158. The zero-order chi connectivity index (χ0) is 37.1. The molecule has 9 nitrogen and oxygen atoms in total. The molecule has 5 aromatic rings. The first-order valence-corrected chi connectivity index (χ1v) is 18.1. The van der Waals surface area contributed by atoms with E-state index in [1.807, 2.05) is 78.9 Å². The Bertz CT molecular complexity index is 2330. The largest absolute Gasteiger partial charge is 0.505 e. The normalized spacial score (nSPS) is 24.5. The number of anilines is 6. The Balaban J connectivity index is 1.04. The van der Waals surface area contributed by atoms with Crippen LogP contribution in [-0.2, 0) is 19.2 Å². The van der Waals surface area contributed by atoms with Crippen LogP contribution in [0.4, 0.5) is 38.5 Å². The van der Waals surface area contributed by atoms with Crippen molar-refractivity contribution in [3.8, 4) is 5.75 Å². The summed E-state index contributed by atoms with van der Waals surface area (Å²) in [7, 11) is 0. The topological polar surface area (TPSA) is 119 Å². The lowest BCUT2D eigenvalue weighted by molar-refractivity contribution is -0.126. The molecule has 54 heavy (non-hydrogen) atoms. The third kappa shape index (κ3) is 5.44. The molecule has 3 fully saturated rings. The average molecular weight is 719 g/mol. The minimum Gasteiger partial charge on any atom is -0.505 e. The van der Waals surface area contributed by atoms with Crippen molar-refractivity contribution >= 4 is 57.8 Å². The van der Waals surface area contributed by atoms with Crippen LogP contribution in [0.2, 0.25) is 0 Å². The number of phenolic OH excluding ortho intramolecular Hbond substituents is 1. The Hall–Kier alpha value is -6.55. The molecule has 2 aliphatic heterocycles. The Morgan fingerprint density at radius 3 is 1.59 bits per heavy atom. The van der Waals surface area contributed by atoms with Gasteiger partial charge in [-0.2, -0.15) is 0 Å². The highest BCUT2D eigenvalue weighted by Gasteiger charge is 2.62. The van der Waals surface area contributed by atoms with Crippen LogP contribution < -0.4 is 20.4 Å². The molecule has 0 aromatic heterocycles. The van der Waals surface area contributed by atoms with Gasteiger partial charge in [-0.3, -0.25) is 29.0 Å². The van der Waals surface area contributed by atoms with Crippen molar-refractivity contribution in [3.05, 3.63) is 150 Å². The summed E-state index contributed by atoms with van der Waals surface area (Å²) in [5.41, 5.74) is 5.02. The SMILES string of the molecule is O=C1[C@H]2[C@H](CC=C3[C@H]2C[C@H]2C(=O)N(c4ccc(Nc5ccccc5)cc4)C(=O)[C@H]2[C@H]3c2cccc(F)c2O)C(=O)N1c1ccc(Nc2ccccc2)cc1. The molecule has 2 heterocycles. The van der Waals surface area contributed by atoms with Gasteiger partial charge in [-0.05, 0) is 97.6 Å². The van der Waals surface area contributed by atoms with Gasteiger partial charge in [0.05, 0.1) is 35.0 Å². The fourth-order valence-electron chi connectivity index (χ4n) is 8.99. The number of fused-ring (bicyclic) bond motifs is 4. The molecule has 0 bridgehead atoms. The molecule has 0 radical (unpaired) electrons. The van der Waals surface area contributed by atoms with E-state index in [1.54, 1.807) is 42.5 Å². The third-order valence-corrected chi connectivity index (χ3v) is 11.4. The van der Waals surface area contributed by atoms with Gasteiger partial charge >= 0.3 is 0 Å². The van der Waals surface area contributed by atoms with Crippen LogP contribution in [0.25, 0.3) is 0 Å². The van der Waals surface area contributed by atoms with Crippen LogP contribution in [-0.4, -0.2) is 28.7 Å². The van der Waals surface area contributed by atoms with Gasteiger partial charge in [0.25, 0.3) is 0 Å². The number of aromatic hydroxyl groups is 1. The van der Waals surface area contributed by atoms with Gasteiger partial charge in [-0.1, -0.05) is 60.2 Å². The van der Waals surface area contributed by atoms with Crippen LogP contribution in [0.3, 0.4) is 0 Å². The molecule has 2 aliphatic carbocycles. The van der Waals surface area contributed by atoms with Crippen molar-refractivity contribution in [2.24, 2.45) is 29.6 Å². The molecule has 2 saturated heterocycles. The summed E-state index contributed by atoms with van der Waals surface area (Å²) in [4.78, 5) is 59.7. The minimum atomic E-state index is -0.945. The van der Waals surface area contributed by atoms with Crippen molar-refractivity contribution in [2.45, 2.75) is 18.8 Å². The third-order valence-electron chi connectivity index (χ3n) is 11.4. The first-order valence-electron chi connectivity index (χ1n) is 18.1. The monoisotopic (exact) mass is 718 g/mol. The number of nitrogens with zero attached hydrogens (tertiary/aromatic N) is 2. The number of imide groups is 2. The number of para-hydroxylation sites is 3. The zero-order valence-electron chi connectivity index (χ0n) is 28.9. The number of hydrogen-bond donors (Lipinski definition) is 3. The molecule has 268 valence electrons. The van der Waals surface area contributed by atoms with Crippen LogP contribution in [0.1, 0.15) is 24.3 Å². The van der Waals surface area contributed by atoms with E-state index in [4.69, 9.17) is 0 Å². The Morgan fingerprint density at radius 2 is 1.04 bits per heavy atom. The number of carbonyl (C=O) groups is 4. The van der Waals surface area contributed by atoms with Gasteiger partial charge in [0.2, 0.25) is 23.6 Å². The van der Waals surface area contributed by atoms with Gasteiger partial charge in [-0.25, -0.2) is 4.39 Å². The van der Waals surface area contributed by atoms with Crippen LogP contribution >= 0.6 is 0 Å². The fourth-order valence-corrected chi connectivity index (χ4v) is 8.99. The Kier molecular flexibility index (Phi) is 8.10. The molecule has 9 rings (SSSR count). The van der Waals surface area contributed by atoms with Gasteiger partial charge < -0.3 is 15.7 Å². The summed E-state index contributed by atoms with van der Waals surface area (Å²) in [6.45, 7) is 0. The lowest BCUT2D eigenvalue weighted by Crippen LogP contribution is -2.43. The second kappa shape index (κ2) is 13.1. The van der Waals surface area contributed by atoms with Crippen molar-refractivity contribution in [1.82, 2.24) is 0 Å². The van der Waals surface area contributed by atoms with E-state index >= 15 is 0 Å².